The van der Waals surface area contributed by atoms with Gasteiger partial charge < -0.3 is 9.47 Å². The molecule has 1 aromatic carbocycles. The van der Waals surface area contributed by atoms with Crippen LogP contribution in [0.25, 0.3) is 11.6 Å². The summed E-state index contributed by atoms with van der Waals surface area (Å²) >= 11 is 0. The highest BCUT2D eigenvalue weighted by atomic mass is 19.1. The number of benzene rings is 1. The molecule has 0 fully saturated rings. The largest absolute Gasteiger partial charge is 0.493 e. The number of esters is 1. The predicted octanol–water partition coefficient (Wildman–Crippen LogP) is 5.04. The van der Waals surface area contributed by atoms with E-state index in [4.69, 9.17) is 9.47 Å². The fourth-order valence-electron chi connectivity index (χ4n) is 2.94. The quantitative estimate of drug-likeness (QED) is 0.559. The molecule has 0 heterocycles. The van der Waals surface area contributed by atoms with Crippen LogP contribution in [0.5, 0.6) is 5.75 Å². The van der Waals surface area contributed by atoms with Crippen LogP contribution < -0.4 is 4.74 Å². The van der Waals surface area contributed by atoms with Gasteiger partial charge in [-0.25, -0.2) is 4.79 Å². The smallest absolute Gasteiger partial charge is 0.367 e. The normalized spacial score (nSPS) is 16.2. The van der Waals surface area contributed by atoms with E-state index in [2.05, 4.69) is 19.9 Å². The number of hydrogen-bond acceptors (Lipinski definition) is 3. The lowest BCUT2D eigenvalue weighted by Gasteiger charge is -2.30. The molecule has 24 heavy (non-hydrogen) atoms. The molecule has 0 radical (unpaired) electrons. The molecule has 130 valence electrons. The molecule has 3 nitrogen and oxygen atoms in total. The molecule has 0 bridgehead atoms. The Hall–Kier alpha value is -2.10. The summed E-state index contributed by atoms with van der Waals surface area (Å²) in [6.45, 7) is 10.1. The van der Waals surface area contributed by atoms with Crippen LogP contribution in [0, 0.1) is 0 Å². The first-order valence-electron chi connectivity index (χ1n) is 8.33. The van der Waals surface area contributed by atoms with E-state index >= 15 is 0 Å². The standard InChI is InChI=1S/C20H25FO3/c1-6-23-17-12-16-14(9-8-10-20(16,4)5)11-15(17)13(3)18(21)19(22)24-7-2/h8-9,11-12H,6-7,10H2,1-5H3. The number of carbonyl (C=O) groups excluding carboxylic acids is 1. The number of ether oxygens (including phenoxy) is 2. The fraction of sp³-hybridized carbons (Fsp3) is 0.450. The summed E-state index contributed by atoms with van der Waals surface area (Å²) < 4.78 is 24.9. The summed E-state index contributed by atoms with van der Waals surface area (Å²) in [5.74, 6) is -1.22. The number of fused-ring (bicyclic) bond motifs is 1. The average Bonchev–Trinajstić information content (AvgIpc) is 2.54. The molecule has 0 saturated heterocycles. The molecule has 0 atom stereocenters. The molecule has 1 aliphatic carbocycles. The van der Waals surface area contributed by atoms with E-state index in [9.17, 15) is 9.18 Å². The third-order valence-corrected chi connectivity index (χ3v) is 4.29. The van der Waals surface area contributed by atoms with Gasteiger partial charge in [-0.05, 0) is 55.9 Å². The minimum Gasteiger partial charge on any atom is -0.493 e. The fourth-order valence-corrected chi connectivity index (χ4v) is 2.94. The van der Waals surface area contributed by atoms with Gasteiger partial charge in [-0.3, -0.25) is 0 Å². The monoisotopic (exact) mass is 332 g/mol. The summed E-state index contributed by atoms with van der Waals surface area (Å²) in [4.78, 5) is 11.7. The van der Waals surface area contributed by atoms with Crippen molar-refractivity contribution in [2.24, 2.45) is 0 Å². The molecule has 0 spiro atoms. The van der Waals surface area contributed by atoms with Crippen molar-refractivity contribution >= 4 is 17.6 Å². The minimum absolute atomic E-state index is 0.00817. The van der Waals surface area contributed by atoms with E-state index in [0.29, 0.717) is 17.9 Å². The minimum atomic E-state index is -0.939. The highest BCUT2D eigenvalue weighted by molar-refractivity contribution is 5.96. The zero-order chi connectivity index (χ0) is 17.9. The molecule has 0 unspecified atom stereocenters. The van der Waals surface area contributed by atoms with Crippen molar-refractivity contribution in [1.29, 1.82) is 0 Å². The van der Waals surface area contributed by atoms with Gasteiger partial charge in [0.15, 0.2) is 0 Å². The van der Waals surface area contributed by atoms with E-state index in [0.717, 1.165) is 12.0 Å². The SMILES string of the molecule is CCOC(=O)C(F)=C(C)c1cc2c(cc1OCC)C(C)(C)CC=C2. The summed E-state index contributed by atoms with van der Waals surface area (Å²) in [5.41, 5.74) is 3.01. The Morgan fingerprint density at radius 3 is 2.58 bits per heavy atom. The summed E-state index contributed by atoms with van der Waals surface area (Å²) in [7, 11) is 0. The molecule has 0 aromatic heterocycles. The highest BCUT2D eigenvalue weighted by Crippen LogP contribution is 2.41. The van der Waals surface area contributed by atoms with Crippen LogP contribution in [-0.2, 0) is 14.9 Å². The zero-order valence-corrected chi connectivity index (χ0v) is 15.0. The van der Waals surface area contributed by atoms with Crippen molar-refractivity contribution < 1.29 is 18.7 Å². The maximum Gasteiger partial charge on any atom is 0.367 e. The van der Waals surface area contributed by atoms with Crippen LogP contribution >= 0.6 is 0 Å². The Balaban J connectivity index is 2.60. The molecule has 0 aliphatic heterocycles. The highest BCUT2D eigenvalue weighted by Gasteiger charge is 2.27. The molecular formula is C20H25FO3. The number of carbonyl (C=O) groups is 1. The Kier molecular flexibility index (Phi) is 5.47. The first-order chi connectivity index (χ1) is 11.3. The van der Waals surface area contributed by atoms with Crippen LogP contribution in [0.1, 0.15) is 57.7 Å². The Morgan fingerprint density at radius 1 is 1.25 bits per heavy atom. The Morgan fingerprint density at radius 2 is 1.96 bits per heavy atom. The first kappa shape index (κ1) is 18.2. The molecule has 2 rings (SSSR count). The third kappa shape index (κ3) is 3.53. The Labute approximate surface area is 143 Å². The van der Waals surface area contributed by atoms with Gasteiger partial charge in [-0.2, -0.15) is 4.39 Å². The molecule has 1 aliphatic rings. The lowest BCUT2D eigenvalue weighted by Crippen LogP contribution is -2.20. The summed E-state index contributed by atoms with van der Waals surface area (Å²) in [6.07, 6.45) is 5.10. The van der Waals surface area contributed by atoms with Gasteiger partial charge in [0.2, 0.25) is 5.83 Å². The zero-order valence-electron chi connectivity index (χ0n) is 15.0. The predicted molar refractivity (Wildman–Crippen MR) is 94.6 cm³/mol. The van der Waals surface area contributed by atoms with Gasteiger partial charge in [0.25, 0.3) is 0 Å². The maximum absolute atomic E-state index is 14.4. The lowest BCUT2D eigenvalue weighted by molar-refractivity contribution is -0.140. The van der Waals surface area contributed by atoms with E-state index in [1.165, 1.54) is 5.56 Å². The van der Waals surface area contributed by atoms with Crippen LogP contribution in [0.2, 0.25) is 0 Å². The average molecular weight is 332 g/mol. The van der Waals surface area contributed by atoms with Gasteiger partial charge in [0, 0.05) is 11.1 Å². The molecule has 0 saturated carbocycles. The number of halogens is 1. The van der Waals surface area contributed by atoms with E-state index in [1.54, 1.807) is 13.8 Å². The van der Waals surface area contributed by atoms with Gasteiger partial charge in [-0.1, -0.05) is 26.0 Å². The molecule has 0 N–H and O–H groups in total. The van der Waals surface area contributed by atoms with E-state index < -0.39 is 11.8 Å². The van der Waals surface area contributed by atoms with Crippen LogP contribution in [-0.4, -0.2) is 19.2 Å². The van der Waals surface area contributed by atoms with Gasteiger partial charge in [0.1, 0.15) is 5.75 Å². The second-order valence-electron chi connectivity index (χ2n) is 6.52. The third-order valence-electron chi connectivity index (χ3n) is 4.29. The van der Waals surface area contributed by atoms with Crippen LogP contribution in [0.15, 0.2) is 24.0 Å². The van der Waals surface area contributed by atoms with Crippen molar-refractivity contribution in [1.82, 2.24) is 0 Å². The van der Waals surface area contributed by atoms with E-state index in [-0.39, 0.29) is 17.6 Å². The van der Waals surface area contributed by atoms with Gasteiger partial charge >= 0.3 is 5.97 Å². The van der Waals surface area contributed by atoms with Gasteiger partial charge in [-0.15, -0.1) is 0 Å². The number of allylic oxidation sites excluding steroid dienone is 2. The van der Waals surface area contributed by atoms with Crippen molar-refractivity contribution in [2.45, 2.75) is 46.5 Å². The first-order valence-corrected chi connectivity index (χ1v) is 8.33. The molecule has 0 amide bonds. The van der Waals surface area contributed by atoms with Crippen molar-refractivity contribution in [3.8, 4) is 5.75 Å². The second-order valence-corrected chi connectivity index (χ2v) is 6.52. The lowest BCUT2D eigenvalue weighted by atomic mass is 9.75. The topological polar surface area (TPSA) is 35.5 Å². The summed E-state index contributed by atoms with van der Waals surface area (Å²) in [5, 5.41) is 0. The van der Waals surface area contributed by atoms with Gasteiger partial charge in [0.05, 0.1) is 13.2 Å². The summed E-state index contributed by atoms with van der Waals surface area (Å²) in [6, 6.07) is 3.87. The number of rotatable bonds is 5. The molecular weight excluding hydrogens is 307 g/mol. The van der Waals surface area contributed by atoms with Crippen molar-refractivity contribution in [3.63, 3.8) is 0 Å². The number of hydrogen-bond donors (Lipinski definition) is 0. The van der Waals surface area contributed by atoms with Crippen LogP contribution in [0.4, 0.5) is 4.39 Å². The second kappa shape index (κ2) is 7.20. The molecule has 4 heteroatoms. The Bertz CT molecular complexity index is 699. The van der Waals surface area contributed by atoms with Crippen LogP contribution in [0.3, 0.4) is 0 Å². The van der Waals surface area contributed by atoms with E-state index in [1.807, 2.05) is 25.1 Å². The molecule has 1 aromatic rings. The van der Waals surface area contributed by atoms with Crippen molar-refractivity contribution in [2.75, 3.05) is 13.2 Å². The van der Waals surface area contributed by atoms with Crippen molar-refractivity contribution in [3.05, 3.63) is 40.7 Å². The maximum atomic E-state index is 14.4.